The first-order chi connectivity index (χ1) is 7.66. The van der Waals surface area contributed by atoms with E-state index in [4.69, 9.17) is 0 Å². The summed E-state index contributed by atoms with van der Waals surface area (Å²) < 4.78 is 0. The average molecular weight is 305 g/mol. The first-order valence-corrected chi connectivity index (χ1v) is 5.46. The van der Waals surface area contributed by atoms with Crippen LogP contribution in [0.2, 0.25) is 0 Å². The van der Waals surface area contributed by atoms with Crippen molar-refractivity contribution in [1.82, 2.24) is 4.90 Å². The third-order valence-corrected chi connectivity index (χ3v) is 2.82. The van der Waals surface area contributed by atoms with Crippen molar-refractivity contribution in [3.8, 4) is 0 Å². The number of rotatable bonds is 1. The molecule has 0 unspecified atom stereocenters. The van der Waals surface area contributed by atoms with Crippen molar-refractivity contribution in [2.75, 3.05) is 13.1 Å². The first kappa shape index (κ1) is 14.5. The summed E-state index contributed by atoms with van der Waals surface area (Å²) in [6.07, 6.45) is 0.975. The van der Waals surface area contributed by atoms with Gasteiger partial charge in [0.25, 0.3) is 0 Å². The maximum absolute atomic E-state index is 12.0. The van der Waals surface area contributed by atoms with E-state index in [1.165, 1.54) is 0 Å². The van der Waals surface area contributed by atoms with Crippen molar-refractivity contribution < 1.29 is 42.3 Å². The second kappa shape index (κ2) is 6.41. The van der Waals surface area contributed by atoms with Crippen molar-refractivity contribution >= 4 is 11.7 Å². The number of nitrogens with zero attached hydrogens (tertiary/aromatic N) is 1. The molecule has 0 aromatic heterocycles. The number of carbonyl (C=O) groups excluding carboxylic acids is 2. The Morgan fingerprint density at radius 2 is 1.94 bits per heavy atom. The van der Waals surface area contributed by atoms with Gasteiger partial charge >= 0.3 is 0 Å². The maximum Gasteiger partial charge on any atom is 0.198 e. The van der Waals surface area contributed by atoms with Crippen LogP contribution in [-0.2, 0) is 37.5 Å². The van der Waals surface area contributed by atoms with Gasteiger partial charge < -0.3 is 4.90 Å². The van der Waals surface area contributed by atoms with Gasteiger partial charge in [-0.2, -0.15) is 29.8 Å². The van der Waals surface area contributed by atoms with Crippen LogP contribution in [0.3, 0.4) is 0 Å². The molecule has 2 rings (SSSR count). The van der Waals surface area contributed by atoms with Crippen LogP contribution in [0.4, 0.5) is 0 Å². The van der Waals surface area contributed by atoms with Crippen LogP contribution < -0.4 is 0 Å². The third-order valence-electron chi connectivity index (χ3n) is 2.82. The Morgan fingerprint density at radius 1 is 1.29 bits per heavy atom. The second-order valence-corrected chi connectivity index (χ2v) is 4.09. The zero-order chi connectivity index (χ0) is 11.5. The van der Waals surface area contributed by atoms with Crippen LogP contribution in [0.25, 0.3) is 0 Å². The number of likely N-dealkylation sites (tertiary alicyclic amines) is 1. The van der Waals surface area contributed by atoms with Crippen LogP contribution in [-0.4, -0.2) is 29.7 Å². The standard InChI is InChI=1S/C13H14NO2.Y/c1-10-2-4-11(5-3-10)13(16)14-8-6-12(15)7-9-14;/h2,4-5H,6-9H2,1H3;/q-1;. The Hall–Kier alpha value is -0.536. The molecule has 1 aromatic rings. The smallest absolute Gasteiger partial charge is 0.198 e. The molecule has 1 fully saturated rings. The summed E-state index contributed by atoms with van der Waals surface area (Å²) in [5, 5.41) is 0. The van der Waals surface area contributed by atoms with Crippen LogP contribution in [0, 0.1) is 13.0 Å². The van der Waals surface area contributed by atoms with E-state index in [-0.39, 0.29) is 44.4 Å². The van der Waals surface area contributed by atoms with Crippen molar-refractivity contribution in [1.29, 1.82) is 0 Å². The molecule has 0 spiro atoms. The van der Waals surface area contributed by atoms with E-state index in [2.05, 4.69) is 6.07 Å². The van der Waals surface area contributed by atoms with E-state index in [0.717, 1.165) is 5.56 Å². The Kier molecular flexibility index (Phi) is 5.48. The fourth-order valence-electron chi connectivity index (χ4n) is 1.78. The number of Topliss-reactive ketones (excluding diaryl/α,β-unsaturated/α-hetero) is 1. The van der Waals surface area contributed by atoms with Gasteiger partial charge in [0, 0.05) is 58.6 Å². The summed E-state index contributed by atoms with van der Waals surface area (Å²) in [4.78, 5) is 24.8. The summed E-state index contributed by atoms with van der Waals surface area (Å²) in [5.41, 5.74) is 1.67. The van der Waals surface area contributed by atoms with Gasteiger partial charge in [-0.05, 0) is 0 Å². The molecular formula is C13H14NO2Y-. The summed E-state index contributed by atoms with van der Waals surface area (Å²) >= 11 is 0. The van der Waals surface area contributed by atoms with Crippen molar-refractivity contribution in [2.45, 2.75) is 19.8 Å². The molecule has 4 heteroatoms. The average Bonchev–Trinajstić information content (AvgIpc) is 2.30. The van der Waals surface area contributed by atoms with Crippen molar-refractivity contribution in [3.05, 3.63) is 35.4 Å². The molecule has 1 saturated heterocycles. The van der Waals surface area contributed by atoms with Gasteiger partial charge in [-0.1, -0.05) is 12.5 Å². The molecule has 0 bridgehead atoms. The van der Waals surface area contributed by atoms with Gasteiger partial charge in [0.15, 0.2) is 5.91 Å². The van der Waals surface area contributed by atoms with E-state index in [9.17, 15) is 9.59 Å². The number of aryl methyl sites for hydroxylation is 1. The molecule has 87 valence electrons. The molecule has 0 N–H and O–H groups in total. The van der Waals surface area contributed by atoms with Crippen molar-refractivity contribution in [2.24, 2.45) is 0 Å². The fourth-order valence-corrected chi connectivity index (χ4v) is 1.78. The predicted octanol–water partition coefficient (Wildman–Crippen LogP) is 1.60. The molecule has 3 nitrogen and oxygen atoms in total. The minimum atomic E-state index is 0. The van der Waals surface area contributed by atoms with Crippen LogP contribution in [0.1, 0.15) is 28.8 Å². The summed E-state index contributed by atoms with van der Waals surface area (Å²) in [6, 6.07) is 8.42. The van der Waals surface area contributed by atoms with Crippen molar-refractivity contribution in [3.63, 3.8) is 0 Å². The quantitative estimate of drug-likeness (QED) is 0.739. The molecule has 1 heterocycles. The Morgan fingerprint density at radius 3 is 2.47 bits per heavy atom. The van der Waals surface area contributed by atoms with E-state index < -0.39 is 0 Å². The summed E-state index contributed by atoms with van der Waals surface area (Å²) in [5.74, 6) is 0.253. The molecule has 1 aliphatic heterocycles. The number of benzene rings is 1. The van der Waals surface area contributed by atoms with Crippen LogP contribution >= 0.6 is 0 Å². The molecule has 1 radical (unpaired) electrons. The van der Waals surface area contributed by atoms with Crippen LogP contribution in [0.5, 0.6) is 0 Å². The monoisotopic (exact) mass is 305 g/mol. The summed E-state index contributed by atoms with van der Waals surface area (Å²) in [6.45, 7) is 3.03. The number of hydrogen-bond donors (Lipinski definition) is 0. The van der Waals surface area contributed by atoms with E-state index in [1.54, 1.807) is 11.0 Å². The molecule has 0 atom stereocenters. The number of piperidine rings is 1. The van der Waals surface area contributed by atoms with E-state index in [0.29, 0.717) is 31.5 Å². The molecule has 0 saturated carbocycles. The predicted molar refractivity (Wildman–Crippen MR) is 60.2 cm³/mol. The zero-order valence-electron chi connectivity index (χ0n) is 9.90. The van der Waals surface area contributed by atoms with Gasteiger partial charge in [-0.15, -0.1) is 0 Å². The van der Waals surface area contributed by atoms with Gasteiger partial charge in [0.2, 0.25) is 0 Å². The SMILES string of the molecule is Cc1[c-]cc(C(=O)N2CCC(=O)CC2)cc1.[Y]. The van der Waals surface area contributed by atoms with Gasteiger partial charge in [-0.3, -0.25) is 9.59 Å². The van der Waals surface area contributed by atoms with Gasteiger partial charge in [-0.25, -0.2) is 0 Å². The number of amides is 1. The normalized spacial score (nSPS) is 15.4. The fraction of sp³-hybridized carbons (Fsp3) is 0.385. The van der Waals surface area contributed by atoms with E-state index in [1.807, 2.05) is 19.1 Å². The number of ketones is 1. The van der Waals surface area contributed by atoms with E-state index >= 15 is 0 Å². The Balaban J connectivity index is 0.00000144. The van der Waals surface area contributed by atoms with Gasteiger partial charge in [0.1, 0.15) is 5.78 Å². The molecule has 1 aromatic carbocycles. The topological polar surface area (TPSA) is 37.4 Å². The second-order valence-electron chi connectivity index (χ2n) is 4.09. The zero-order valence-corrected chi connectivity index (χ0v) is 12.7. The number of hydrogen-bond acceptors (Lipinski definition) is 2. The molecule has 0 aliphatic carbocycles. The summed E-state index contributed by atoms with van der Waals surface area (Å²) in [7, 11) is 0. The Bertz CT molecular complexity index is 404. The Labute approximate surface area is 126 Å². The molecule has 1 amide bonds. The molecule has 1 aliphatic rings. The first-order valence-electron chi connectivity index (χ1n) is 5.46. The molecule has 17 heavy (non-hydrogen) atoms. The maximum atomic E-state index is 12.0. The van der Waals surface area contributed by atoms with Gasteiger partial charge in [0.05, 0.1) is 0 Å². The minimum absolute atomic E-state index is 0. The molecular weight excluding hydrogens is 291 g/mol. The van der Waals surface area contributed by atoms with Crippen LogP contribution in [0.15, 0.2) is 18.2 Å². The largest absolute Gasteiger partial charge is 0.348 e. The third kappa shape index (κ3) is 3.72. The number of carbonyl (C=O) groups is 2. The minimum Gasteiger partial charge on any atom is -0.348 e.